The highest BCUT2D eigenvalue weighted by Gasteiger charge is 2.30. The summed E-state index contributed by atoms with van der Waals surface area (Å²) in [6.45, 7) is 3.46. The van der Waals surface area contributed by atoms with Crippen LogP contribution in [0.2, 0.25) is 5.02 Å². The lowest BCUT2D eigenvalue weighted by molar-refractivity contribution is -0.128. The third-order valence-corrected chi connectivity index (χ3v) is 4.24. The number of carbonyl (C=O) groups is 1. The first kappa shape index (κ1) is 18.0. The van der Waals surface area contributed by atoms with E-state index in [0.717, 1.165) is 16.8 Å². The third kappa shape index (κ3) is 4.44. The zero-order valence-corrected chi connectivity index (χ0v) is 15.5. The number of hydrogen-bond acceptors (Lipinski definition) is 2. The van der Waals surface area contributed by atoms with Gasteiger partial charge in [-0.15, -0.1) is 0 Å². The zero-order valence-electron chi connectivity index (χ0n) is 14.7. The molecule has 0 bridgehead atoms. The van der Waals surface area contributed by atoms with Gasteiger partial charge in [0.2, 0.25) is 0 Å². The second kappa shape index (κ2) is 7.63. The predicted octanol–water partition coefficient (Wildman–Crippen LogP) is 5.80. The summed E-state index contributed by atoms with van der Waals surface area (Å²) in [5.41, 5.74) is 1.94. The van der Waals surface area contributed by atoms with Crippen LogP contribution in [0.5, 0.6) is 5.75 Å². The van der Waals surface area contributed by atoms with Crippen molar-refractivity contribution in [2.24, 2.45) is 0 Å². The van der Waals surface area contributed by atoms with Gasteiger partial charge < -0.3 is 10.1 Å². The van der Waals surface area contributed by atoms with Gasteiger partial charge in [0.05, 0.1) is 0 Å². The molecule has 0 heterocycles. The molecule has 0 aromatic heterocycles. The van der Waals surface area contributed by atoms with E-state index in [1.165, 1.54) is 0 Å². The Morgan fingerprint density at radius 2 is 1.42 bits per heavy atom. The van der Waals surface area contributed by atoms with Crippen molar-refractivity contribution in [1.82, 2.24) is 0 Å². The summed E-state index contributed by atoms with van der Waals surface area (Å²) in [6, 6.07) is 24.8. The largest absolute Gasteiger partial charge is 0.478 e. The van der Waals surface area contributed by atoms with Gasteiger partial charge in [-0.25, -0.2) is 0 Å². The molecule has 3 aromatic carbocycles. The Kier molecular flexibility index (Phi) is 5.29. The maximum Gasteiger partial charge on any atom is 0.267 e. The number of nitrogens with one attached hydrogen (secondary N) is 1. The molecule has 3 rings (SSSR count). The highest BCUT2D eigenvalue weighted by Crippen LogP contribution is 2.24. The molecule has 26 heavy (non-hydrogen) atoms. The fourth-order valence-electron chi connectivity index (χ4n) is 2.50. The number of benzene rings is 3. The van der Waals surface area contributed by atoms with Crippen molar-refractivity contribution < 1.29 is 9.53 Å². The van der Waals surface area contributed by atoms with E-state index in [4.69, 9.17) is 16.3 Å². The molecule has 0 saturated carbocycles. The fourth-order valence-corrected chi connectivity index (χ4v) is 2.63. The zero-order chi connectivity index (χ0) is 18.6. The van der Waals surface area contributed by atoms with Crippen LogP contribution >= 0.6 is 11.6 Å². The van der Waals surface area contributed by atoms with Crippen LogP contribution in [0.15, 0.2) is 78.9 Å². The minimum Gasteiger partial charge on any atom is -0.478 e. The molecule has 0 spiro atoms. The van der Waals surface area contributed by atoms with Gasteiger partial charge in [-0.3, -0.25) is 4.79 Å². The molecule has 0 aliphatic carbocycles. The van der Waals surface area contributed by atoms with E-state index < -0.39 is 5.60 Å². The molecule has 3 aromatic rings. The molecule has 132 valence electrons. The Morgan fingerprint density at radius 1 is 0.846 bits per heavy atom. The van der Waals surface area contributed by atoms with Crippen LogP contribution < -0.4 is 10.1 Å². The Balaban J connectivity index is 1.67. The van der Waals surface area contributed by atoms with Gasteiger partial charge in [-0.05, 0) is 61.4 Å². The highest BCUT2D eigenvalue weighted by atomic mass is 35.5. The number of amides is 1. The van der Waals surface area contributed by atoms with Crippen LogP contribution in [0.4, 0.5) is 5.69 Å². The Bertz CT molecular complexity index is 872. The van der Waals surface area contributed by atoms with Crippen LogP contribution in [0.1, 0.15) is 13.8 Å². The lowest BCUT2D eigenvalue weighted by Crippen LogP contribution is -2.42. The van der Waals surface area contributed by atoms with Crippen LogP contribution in [-0.4, -0.2) is 11.5 Å². The fraction of sp³-hybridized carbons (Fsp3) is 0.136. The molecule has 0 saturated heterocycles. The first-order valence-corrected chi connectivity index (χ1v) is 8.73. The molecule has 0 atom stereocenters. The number of hydrogen-bond donors (Lipinski definition) is 1. The first-order valence-electron chi connectivity index (χ1n) is 8.35. The number of carbonyl (C=O) groups excluding carboxylic acids is 1. The quantitative estimate of drug-likeness (QED) is 0.620. The summed E-state index contributed by atoms with van der Waals surface area (Å²) in [4.78, 5) is 12.6. The van der Waals surface area contributed by atoms with Crippen molar-refractivity contribution in [3.63, 3.8) is 0 Å². The van der Waals surface area contributed by atoms with Gasteiger partial charge in [-0.2, -0.15) is 0 Å². The van der Waals surface area contributed by atoms with E-state index in [9.17, 15) is 4.79 Å². The Hall–Kier alpha value is -2.78. The second-order valence-electron chi connectivity index (χ2n) is 6.46. The van der Waals surface area contributed by atoms with Gasteiger partial charge in [0.15, 0.2) is 5.60 Å². The Morgan fingerprint density at radius 3 is 2.04 bits per heavy atom. The summed E-state index contributed by atoms with van der Waals surface area (Å²) in [7, 11) is 0. The molecule has 0 fully saturated rings. The lowest BCUT2D eigenvalue weighted by Gasteiger charge is -2.25. The molecule has 1 amide bonds. The van der Waals surface area contributed by atoms with Crippen molar-refractivity contribution in [2.75, 3.05) is 5.32 Å². The first-order chi connectivity index (χ1) is 12.4. The number of ether oxygens (including phenoxy) is 1. The average Bonchev–Trinajstić information content (AvgIpc) is 2.65. The van der Waals surface area contributed by atoms with Crippen molar-refractivity contribution >= 4 is 23.2 Å². The van der Waals surface area contributed by atoms with Gasteiger partial charge in [0.25, 0.3) is 5.91 Å². The molecule has 0 aliphatic rings. The molecule has 4 heteroatoms. The van der Waals surface area contributed by atoms with Crippen molar-refractivity contribution in [3.8, 4) is 16.9 Å². The highest BCUT2D eigenvalue weighted by molar-refractivity contribution is 6.30. The van der Waals surface area contributed by atoms with E-state index >= 15 is 0 Å². The van der Waals surface area contributed by atoms with Gasteiger partial charge in [0.1, 0.15) is 5.75 Å². The van der Waals surface area contributed by atoms with Gasteiger partial charge in [-0.1, -0.05) is 54.1 Å². The summed E-state index contributed by atoms with van der Waals surface area (Å²) in [5, 5.41) is 3.53. The standard InChI is InChI=1S/C22H20ClNO2/c1-22(2,26-20-14-10-18(23)11-15-20)21(25)24-19-12-8-17(9-13-19)16-6-4-3-5-7-16/h3-15H,1-2H3,(H,24,25). The molecular weight excluding hydrogens is 346 g/mol. The maximum atomic E-state index is 12.6. The molecule has 0 radical (unpaired) electrons. The third-order valence-electron chi connectivity index (χ3n) is 3.98. The Labute approximate surface area is 158 Å². The maximum absolute atomic E-state index is 12.6. The van der Waals surface area contributed by atoms with Crippen LogP contribution in [-0.2, 0) is 4.79 Å². The SMILES string of the molecule is CC(C)(Oc1ccc(Cl)cc1)C(=O)Nc1ccc(-c2ccccc2)cc1. The summed E-state index contributed by atoms with van der Waals surface area (Å²) in [6.07, 6.45) is 0. The summed E-state index contributed by atoms with van der Waals surface area (Å²) in [5.74, 6) is 0.369. The molecule has 1 N–H and O–H groups in total. The van der Waals surface area contributed by atoms with Gasteiger partial charge >= 0.3 is 0 Å². The van der Waals surface area contributed by atoms with E-state index in [0.29, 0.717) is 10.8 Å². The predicted molar refractivity (Wildman–Crippen MR) is 107 cm³/mol. The topological polar surface area (TPSA) is 38.3 Å². The van der Waals surface area contributed by atoms with Gasteiger partial charge in [0, 0.05) is 10.7 Å². The average molecular weight is 366 g/mol. The van der Waals surface area contributed by atoms with Crippen LogP contribution in [0.3, 0.4) is 0 Å². The van der Waals surface area contributed by atoms with E-state index in [1.54, 1.807) is 38.1 Å². The van der Waals surface area contributed by atoms with E-state index in [2.05, 4.69) is 17.4 Å². The van der Waals surface area contributed by atoms with Crippen molar-refractivity contribution in [2.45, 2.75) is 19.4 Å². The van der Waals surface area contributed by atoms with E-state index in [1.807, 2.05) is 42.5 Å². The lowest BCUT2D eigenvalue weighted by atomic mass is 10.0. The van der Waals surface area contributed by atoms with Crippen LogP contribution in [0, 0.1) is 0 Å². The monoisotopic (exact) mass is 365 g/mol. The minimum absolute atomic E-state index is 0.222. The smallest absolute Gasteiger partial charge is 0.267 e. The second-order valence-corrected chi connectivity index (χ2v) is 6.90. The molecule has 0 unspecified atom stereocenters. The number of anilines is 1. The van der Waals surface area contributed by atoms with E-state index in [-0.39, 0.29) is 5.91 Å². The number of halogens is 1. The van der Waals surface area contributed by atoms with Crippen molar-refractivity contribution in [1.29, 1.82) is 0 Å². The van der Waals surface area contributed by atoms with Crippen LogP contribution in [0.25, 0.3) is 11.1 Å². The molecule has 3 nitrogen and oxygen atoms in total. The normalized spacial score (nSPS) is 11.0. The summed E-state index contributed by atoms with van der Waals surface area (Å²) >= 11 is 5.87. The minimum atomic E-state index is -1.02. The van der Waals surface area contributed by atoms with Crippen molar-refractivity contribution in [3.05, 3.63) is 83.9 Å². The molecular formula is C22H20ClNO2. The number of rotatable bonds is 5. The summed E-state index contributed by atoms with van der Waals surface area (Å²) < 4.78 is 5.81. The molecule has 0 aliphatic heterocycles.